The van der Waals surface area contributed by atoms with E-state index in [2.05, 4.69) is 9.88 Å². The van der Waals surface area contributed by atoms with Crippen molar-refractivity contribution in [2.75, 3.05) is 27.8 Å². The Morgan fingerprint density at radius 1 is 0.848 bits per heavy atom. The molecule has 0 aliphatic heterocycles. The predicted molar refractivity (Wildman–Crippen MR) is 178 cm³/mol. The molecule has 3 aromatic heterocycles. The third-order valence-corrected chi connectivity index (χ3v) is 8.30. The monoisotopic (exact) mass is 617 g/mol. The van der Waals surface area contributed by atoms with Gasteiger partial charge >= 0.3 is 0 Å². The highest BCUT2D eigenvalue weighted by atomic mass is 19.1. The lowest BCUT2D eigenvalue weighted by molar-refractivity contribution is 0.325. The normalized spacial score (nSPS) is 11.3. The lowest BCUT2D eigenvalue weighted by Crippen LogP contribution is -2.28. The summed E-state index contributed by atoms with van der Waals surface area (Å²) < 4.78 is 29.5. The number of hydrogen-bond acceptors (Lipinski definition) is 6. The molecule has 8 nitrogen and oxygen atoms in total. The highest BCUT2D eigenvalue weighted by molar-refractivity contribution is 5.71. The zero-order valence-corrected chi connectivity index (χ0v) is 26.4. The molecule has 3 heterocycles. The second-order valence-corrected chi connectivity index (χ2v) is 11.3. The van der Waals surface area contributed by atoms with Gasteiger partial charge in [0.1, 0.15) is 17.3 Å². The van der Waals surface area contributed by atoms with Gasteiger partial charge in [0.15, 0.2) is 0 Å². The van der Waals surface area contributed by atoms with Crippen LogP contribution < -0.4 is 15.0 Å². The van der Waals surface area contributed by atoms with Crippen LogP contribution in [0.2, 0.25) is 0 Å². The van der Waals surface area contributed by atoms with Crippen molar-refractivity contribution in [1.29, 1.82) is 0 Å². The van der Waals surface area contributed by atoms with Gasteiger partial charge in [-0.2, -0.15) is 0 Å². The van der Waals surface area contributed by atoms with E-state index in [-0.39, 0.29) is 17.9 Å². The van der Waals surface area contributed by atoms with E-state index in [1.54, 1.807) is 36.9 Å². The summed E-state index contributed by atoms with van der Waals surface area (Å²) in [5, 5.41) is 0. The van der Waals surface area contributed by atoms with Crippen LogP contribution in [0.3, 0.4) is 0 Å². The number of benzene rings is 3. The third-order valence-electron chi connectivity index (χ3n) is 8.30. The first-order valence-corrected chi connectivity index (χ1v) is 15.1. The van der Waals surface area contributed by atoms with E-state index in [1.165, 1.54) is 6.07 Å². The fraction of sp³-hybridized carbons (Fsp3) is 0.216. The summed E-state index contributed by atoms with van der Waals surface area (Å²) in [6.07, 6.45) is 2.54. The van der Waals surface area contributed by atoms with Crippen molar-refractivity contribution < 1.29 is 13.9 Å². The van der Waals surface area contributed by atoms with Crippen molar-refractivity contribution in [2.24, 2.45) is 0 Å². The molecular weight excluding hydrogens is 581 g/mol. The fourth-order valence-corrected chi connectivity index (χ4v) is 5.78. The first-order valence-electron chi connectivity index (χ1n) is 15.1. The lowest BCUT2D eigenvalue weighted by atomic mass is 10.0. The number of fused-ring (bicyclic) bond motifs is 1. The Labute approximate surface area is 267 Å². The number of nitrogens with zero attached hydrogens (tertiary/aromatic N) is 5. The number of pyridine rings is 1. The number of likely N-dealkylation sites (N-methyl/N-ethyl adjacent to an activating group) is 1. The molecule has 6 rings (SSSR count). The van der Waals surface area contributed by atoms with E-state index >= 15 is 4.39 Å². The van der Waals surface area contributed by atoms with Crippen molar-refractivity contribution in [2.45, 2.75) is 26.4 Å². The molecule has 0 amide bonds. The smallest absolute Gasteiger partial charge is 0.267 e. The van der Waals surface area contributed by atoms with Crippen LogP contribution in [0.1, 0.15) is 22.6 Å². The Morgan fingerprint density at radius 2 is 1.50 bits per heavy atom. The van der Waals surface area contributed by atoms with Crippen molar-refractivity contribution in [3.63, 3.8) is 0 Å². The maximum Gasteiger partial charge on any atom is 0.267 e. The summed E-state index contributed by atoms with van der Waals surface area (Å²) in [7, 11) is 5.26. The van der Waals surface area contributed by atoms with Crippen LogP contribution in [-0.4, -0.2) is 51.6 Å². The molecule has 0 fully saturated rings. The molecule has 3 aromatic carbocycles. The van der Waals surface area contributed by atoms with Crippen LogP contribution >= 0.6 is 0 Å². The van der Waals surface area contributed by atoms with E-state index in [1.807, 2.05) is 91.3 Å². The van der Waals surface area contributed by atoms with Crippen molar-refractivity contribution in [3.8, 4) is 33.9 Å². The summed E-state index contributed by atoms with van der Waals surface area (Å²) in [6.45, 7) is 3.24. The third kappa shape index (κ3) is 6.14. The van der Waals surface area contributed by atoms with Gasteiger partial charge in [-0.3, -0.25) is 9.78 Å². The number of aromatic nitrogens is 4. The SMILES string of the molecule is COc1ccc(-c2nc3n(Cc4ccccc4F)c(C)c(-c4ccc(OC)cc4)c(=O)n3c2CN(C)CCc2ccccn2)cc1. The second-order valence-electron chi connectivity index (χ2n) is 11.3. The average molecular weight is 618 g/mol. The van der Waals surface area contributed by atoms with Crippen molar-refractivity contribution >= 4 is 5.78 Å². The standard InChI is InChI=1S/C37H36FN5O3/c1-25-34(26-12-16-30(45-3)17-13-26)36(44)43-33(24-41(2)22-20-29-10-7-8-21-39-29)35(27-14-18-31(46-4)19-15-27)40-37(43)42(25)23-28-9-5-6-11-32(28)38/h5-19,21H,20,22-24H2,1-4H3. The van der Waals surface area contributed by atoms with Crippen LogP contribution in [0.15, 0.2) is 102 Å². The molecule has 0 aliphatic carbocycles. The molecule has 46 heavy (non-hydrogen) atoms. The number of imidazole rings is 1. The molecule has 0 bridgehead atoms. The molecule has 0 atom stereocenters. The summed E-state index contributed by atoms with van der Waals surface area (Å²) >= 11 is 0. The van der Waals surface area contributed by atoms with Gasteiger partial charge in [0.25, 0.3) is 5.56 Å². The largest absolute Gasteiger partial charge is 0.497 e. The maximum absolute atomic E-state index is 15.1. The molecule has 0 saturated heterocycles. The Kier molecular flexibility index (Phi) is 8.94. The summed E-state index contributed by atoms with van der Waals surface area (Å²) in [5.74, 6) is 1.54. The van der Waals surface area contributed by atoms with Gasteiger partial charge in [-0.1, -0.05) is 36.4 Å². The molecule has 0 radical (unpaired) electrons. The maximum atomic E-state index is 15.1. The topological polar surface area (TPSA) is 73.9 Å². The van der Waals surface area contributed by atoms with Gasteiger partial charge in [-0.15, -0.1) is 0 Å². The fourth-order valence-electron chi connectivity index (χ4n) is 5.78. The van der Waals surface area contributed by atoms with E-state index in [0.717, 1.165) is 34.7 Å². The van der Waals surface area contributed by atoms with Gasteiger partial charge < -0.3 is 18.9 Å². The minimum absolute atomic E-state index is 0.192. The minimum atomic E-state index is -0.318. The molecule has 0 N–H and O–H groups in total. The molecular formula is C37H36FN5O3. The van der Waals surface area contributed by atoms with E-state index in [9.17, 15) is 4.79 Å². The number of ether oxygens (including phenoxy) is 2. The average Bonchev–Trinajstić information content (AvgIpc) is 3.46. The Balaban J connectivity index is 1.57. The summed E-state index contributed by atoms with van der Waals surface area (Å²) in [6, 6.07) is 27.7. The quantitative estimate of drug-likeness (QED) is 0.167. The Bertz CT molecular complexity index is 2020. The summed E-state index contributed by atoms with van der Waals surface area (Å²) in [5.41, 5.74) is 5.51. The Hall–Kier alpha value is -5.28. The van der Waals surface area contributed by atoms with Crippen LogP contribution in [0.4, 0.5) is 4.39 Å². The number of halogens is 1. The van der Waals surface area contributed by atoms with E-state index in [0.29, 0.717) is 47.1 Å². The van der Waals surface area contributed by atoms with Gasteiger partial charge in [-0.05, 0) is 74.1 Å². The number of methoxy groups -OCH3 is 2. The first-order chi connectivity index (χ1) is 22.4. The molecule has 0 aliphatic rings. The van der Waals surface area contributed by atoms with Crippen LogP contribution in [-0.2, 0) is 19.5 Å². The molecule has 0 saturated carbocycles. The first kappa shape index (κ1) is 30.7. The minimum Gasteiger partial charge on any atom is -0.497 e. The van der Waals surface area contributed by atoms with Crippen LogP contribution in [0, 0.1) is 12.7 Å². The second kappa shape index (κ2) is 13.4. The van der Waals surface area contributed by atoms with Crippen molar-refractivity contribution in [1.82, 2.24) is 23.8 Å². The lowest BCUT2D eigenvalue weighted by Gasteiger charge is -2.20. The van der Waals surface area contributed by atoms with Gasteiger partial charge in [-0.25, -0.2) is 13.8 Å². The van der Waals surface area contributed by atoms with E-state index in [4.69, 9.17) is 14.5 Å². The summed E-state index contributed by atoms with van der Waals surface area (Å²) in [4.78, 5) is 26.4. The van der Waals surface area contributed by atoms with Gasteiger partial charge in [0.2, 0.25) is 5.78 Å². The molecule has 9 heteroatoms. The Morgan fingerprint density at radius 3 is 2.13 bits per heavy atom. The predicted octanol–water partition coefficient (Wildman–Crippen LogP) is 6.41. The molecule has 6 aromatic rings. The van der Waals surface area contributed by atoms with Crippen LogP contribution in [0.25, 0.3) is 28.2 Å². The van der Waals surface area contributed by atoms with Crippen LogP contribution in [0.5, 0.6) is 11.5 Å². The van der Waals surface area contributed by atoms with Gasteiger partial charge in [0, 0.05) is 48.2 Å². The number of hydrogen-bond donors (Lipinski definition) is 0. The molecule has 0 spiro atoms. The van der Waals surface area contributed by atoms with Gasteiger partial charge in [0.05, 0.1) is 37.7 Å². The van der Waals surface area contributed by atoms with E-state index < -0.39 is 0 Å². The number of rotatable bonds is 11. The zero-order valence-electron chi connectivity index (χ0n) is 26.4. The highest BCUT2D eigenvalue weighted by Crippen LogP contribution is 2.30. The molecule has 234 valence electrons. The zero-order chi connectivity index (χ0) is 32.2. The highest BCUT2D eigenvalue weighted by Gasteiger charge is 2.25. The van der Waals surface area contributed by atoms with Crippen molar-refractivity contribution in [3.05, 3.63) is 136 Å². The molecule has 0 unspecified atom stereocenters.